The van der Waals surface area contributed by atoms with Gasteiger partial charge in [0.2, 0.25) is 15.9 Å². The van der Waals surface area contributed by atoms with Crippen LogP contribution in [0.2, 0.25) is 0 Å². The number of carbonyl (C=O) groups excluding carboxylic acids is 1. The maximum atomic E-state index is 12.6. The van der Waals surface area contributed by atoms with Gasteiger partial charge in [-0.05, 0) is 49.3 Å². The van der Waals surface area contributed by atoms with Crippen LogP contribution >= 0.6 is 0 Å². The standard InChI is InChI=1S/C23H38N2O5S/c1-5-6-15-31(27,28)25-12-9-20(10-13-25)23(26)24-17-19-7-8-21(22(16-19)29-4)30-14-11-18(2)3/h7-8,16,18,20H,5-6,9-15,17H2,1-4H3,(H,24,26). The molecule has 1 aromatic carbocycles. The summed E-state index contributed by atoms with van der Waals surface area (Å²) in [6.45, 7) is 8.16. The first-order valence-corrected chi connectivity index (χ1v) is 12.9. The molecule has 0 bridgehead atoms. The Morgan fingerprint density at radius 2 is 1.94 bits per heavy atom. The van der Waals surface area contributed by atoms with E-state index in [0.717, 1.165) is 18.4 Å². The Labute approximate surface area is 187 Å². The van der Waals surface area contributed by atoms with Gasteiger partial charge in [0.25, 0.3) is 0 Å². The van der Waals surface area contributed by atoms with Crippen LogP contribution in [0, 0.1) is 11.8 Å². The number of hydrogen-bond acceptors (Lipinski definition) is 5. The van der Waals surface area contributed by atoms with Crippen LogP contribution in [0.3, 0.4) is 0 Å². The molecule has 1 heterocycles. The molecule has 7 nitrogen and oxygen atoms in total. The number of hydrogen-bond donors (Lipinski definition) is 1. The maximum absolute atomic E-state index is 12.6. The van der Waals surface area contributed by atoms with E-state index in [1.54, 1.807) is 7.11 Å². The molecular weight excluding hydrogens is 416 g/mol. The second-order valence-electron chi connectivity index (χ2n) is 8.58. The lowest BCUT2D eigenvalue weighted by atomic mass is 9.97. The van der Waals surface area contributed by atoms with Crippen LogP contribution in [-0.4, -0.2) is 51.2 Å². The predicted molar refractivity (Wildman–Crippen MR) is 123 cm³/mol. The van der Waals surface area contributed by atoms with E-state index in [2.05, 4.69) is 19.2 Å². The summed E-state index contributed by atoms with van der Waals surface area (Å²) in [6.07, 6.45) is 3.62. The zero-order chi connectivity index (χ0) is 22.9. The van der Waals surface area contributed by atoms with Gasteiger partial charge in [0.15, 0.2) is 11.5 Å². The maximum Gasteiger partial charge on any atom is 0.223 e. The minimum Gasteiger partial charge on any atom is -0.493 e. The van der Waals surface area contributed by atoms with Crippen molar-refractivity contribution in [3.05, 3.63) is 23.8 Å². The Hall–Kier alpha value is -1.80. The van der Waals surface area contributed by atoms with Crippen LogP contribution in [0.5, 0.6) is 11.5 Å². The summed E-state index contributed by atoms with van der Waals surface area (Å²) in [5.41, 5.74) is 0.931. The van der Waals surface area contributed by atoms with Crippen LogP contribution < -0.4 is 14.8 Å². The Bertz CT molecular complexity index is 802. The van der Waals surface area contributed by atoms with Gasteiger partial charge in [-0.3, -0.25) is 4.79 Å². The SMILES string of the molecule is CCCCS(=O)(=O)N1CCC(C(=O)NCc2ccc(OCCC(C)C)c(OC)c2)CC1. The van der Waals surface area contributed by atoms with E-state index in [9.17, 15) is 13.2 Å². The highest BCUT2D eigenvalue weighted by atomic mass is 32.2. The third kappa shape index (κ3) is 8.00. The first-order chi connectivity index (χ1) is 14.8. The molecule has 1 aliphatic heterocycles. The molecule has 8 heteroatoms. The van der Waals surface area contributed by atoms with Crippen LogP contribution in [0.4, 0.5) is 0 Å². The number of nitrogens with one attached hydrogen (secondary N) is 1. The first-order valence-electron chi connectivity index (χ1n) is 11.3. The lowest BCUT2D eigenvalue weighted by Crippen LogP contribution is -2.43. The smallest absolute Gasteiger partial charge is 0.223 e. The minimum absolute atomic E-state index is 0.0261. The average Bonchev–Trinajstić information content (AvgIpc) is 2.76. The van der Waals surface area contributed by atoms with Crippen LogP contribution in [-0.2, 0) is 21.4 Å². The van der Waals surface area contributed by atoms with Gasteiger partial charge in [0, 0.05) is 25.6 Å². The molecule has 1 fully saturated rings. The van der Waals surface area contributed by atoms with Crippen LogP contribution in [0.1, 0.15) is 58.4 Å². The summed E-state index contributed by atoms with van der Waals surface area (Å²) in [5, 5.41) is 2.98. The number of benzene rings is 1. The quantitative estimate of drug-likeness (QED) is 0.522. The van der Waals surface area contributed by atoms with Crippen molar-refractivity contribution in [3.63, 3.8) is 0 Å². The molecule has 0 atom stereocenters. The number of piperidine rings is 1. The van der Waals surface area contributed by atoms with Gasteiger partial charge in [-0.2, -0.15) is 0 Å². The number of amides is 1. The first kappa shape index (κ1) is 25.5. The fraction of sp³-hybridized carbons (Fsp3) is 0.696. The summed E-state index contributed by atoms with van der Waals surface area (Å²) < 4.78 is 37.4. The van der Waals surface area contributed by atoms with E-state index in [0.29, 0.717) is 62.9 Å². The fourth-order valence-electron chi connectivity index (χ4n) is 3.53. The van der Waals surface area contributed by atoms with Gasteiger partial charge in [-0.25, -0.2) is 12.7 Å². The van der Waals surface area contributed by atoms with E-state index in [4.69, 9.17) is 9.47 Å². The molecular formula is C23H38N2O5S. The van der Waals surface area contributed by atoms with Gasteiger partial charge in [-0.15, -0.1) is 0 Å². The fourth-order valence-corrected chi connectivity index (χ4v) is 5.21. The third-order valence-electron chi connectivity index (χ3n) is 5.62. The average molecular weight is 455 g/mol. The van der Waals surface area contributed by atoms with Crippen molar-refractivity contribution in [2.75, 3.05) is 32.6 Å². The Kier molecular flexibility index (Phi) is 10.1. The van der Waals surface area contributed by atoms with Gasteiger partial charge in [0.05, 0.1) is 19.5 Å². The molecule has 1 aromatic rings. The molecule has 0 saturated carbocycles. The van der Waals surface area contributed by atoms with E-state index < -0.39 is 10.0 Å². The number of carbonyl (C=O) groups is 1. The predicted octanol–water partition coefficient (Wildman–Crippen LogP) is 3.58. The monoisotopic (exact) mass is 454 g/mol. The van der Waals surface area contributed by atoms with E-state index >= 15 is 0 Å². The largest absolute Gasteiger partial charge is 0.493 e. The third-order valence-corrected chi connectivity index (χ3v) is 7.58. The second-order valence-corrected chi connectivity index (χ2v) is 10.7. The molecule has 176 valence electrons. The minimum atomic E-state index is -3.20. The van der Waals surface area contributed by atoms with E-state index in [1.165, 1.54) is 4.31 Å². The Morgan fingerprint density at radius 3 is 2.55 bits per heavy atom. The van der Waals surface area contributed by atoms with Gasteiger partial charge >= 0.3 is 0 Å². The Morgan fingerprint density at radius 1 is 1.23 bits per heavy atom. The molecule has 1 amide bonds. The Balaban J connectivity index is 1.83. The highest BCUT2D eigenvalue weighted by Gasteiger charge is 2.30. The molecule has 0 aliphatic carbocycles. The number of ether oxygens (including phenoxy) is 2. The molecule has 1 saturated heterocycles. The zero-order valence-corrected chi connectivity index (χ0v) is 20.2. The summed E-state index contributed by atoms with van der Waals surface area (Å²) in [4.78, 5) is 12.6. The zero-order valence-electron chi connectivity index (χ0n) is 19.4. The summed E-state index contributed by atoms with van der Waals surface area (Å²) >= 11 is 0. The van der Waals surface area contributed by atoms with Gasteiger partial charge in [-0.1, -0.05) is 33.3 Å². The lowest BCUT2D eigenvalue weighted by Gasteiger charge is -2.30. The molecule has 0 radical (unpaired) electrons. The van der Waals surface area contributed by atoms with Crippen molar-refractivity contribution < 1.29 is 22.7 Å². The molecule has 1 aliphatic rings. The molecule has 0 unspecified atom stereocenters. The van der Waals surface area contributed by atoms with Crippen LogP contribution in [0.25, 0.3) is 0 Å². The van der Waals surface area contributed by atoms with Crippen molar-refractivity contribution in [2.45, 2.75) is 59.4 Å². The molecule has 2 rings (SSSR count). The highest BCUT2D eigenvalue weighted by molar-refractivity contribution is 7.89. The van der Waals surface area contributed by atoms with Gasteiger partial charge < -0.3 is 14.8 Å². The van der Waals surface area contributed by atoms with Crippen LogP contribution in [0.15, 0.2) is 18.2 Å². The number of sulfonamides is 1. The van der Waals surface area contributed by atoms with Crippen molar-refractivity contribution in [1.82, 2.24) is 9.62 Å². The molecule has 0 spiro atoms. The number of nitrogens with zero attached hydrogens (tertiary/aromatic N) is 1. The number of methoxy groups -OCH3 is 1. The van der Waals surface area contributed by atoms with Crippen molar-refractivity contribution >= 4 is 15.9 Å². The highest BCUT2D eigenvalue weighted by Crippen LogP contribution is 2.28. The number of unbranched alkanes of at least 4 members (excludes halogenated alkanes) is 1. The van der Waals surface area contributed by atoms with Gasteiger partial charge in [0.1, 0.15) is 0 Å². The summed E-state index contributed by atoms with van der Waals surface area (Å²) in [6, 6.07) is 5.69. The second kappa shape index (κ2) is 12.3. The molecule has 1 N–H and O–H groups in total. The van der Waals surface area contributed by atoms with E-state index in [1.807, 2.05) is 25.1 Å². The summed E-state index contributed by atoms with van der Waals surface area (Å²) in [7, 11) is -1.59. The lowest BCUT2D eigenvalue weighted by molar-refractivity contribution is -0.126. The van der Waals surface area contributed by atoms with Crippen molar-refractivity contribution in [3.8, 4) is 11.5 Å². The van der Waals surface area contributed by atoms with Crippen molar-refractivity contribution in [1.29, 1.82) is 0 Å². The summed E-state index contributed by atoms with van der Waals surface area (Å²) in [5.74, 6) is 1.94. The number of rotatable bonds is 12. The normalized spacial score (nSPS) is 15.8. The topological polar surface area (TPSA) is 84.9 Å². The molecule has 31 heavy (non-hydrogen) atoms. The molecule has 0 aromatic heterocycles. The van der Waals surface area contributed by atoms with Crippen molar-refractivity contribution in [2.24, 2.45) is 11.8 Å². The van der Waals surface area contributed by atoms with E-state index in [-0.39, 0.29) is 17.6 Å².